The first-order chi connectivity index (χ1) is 10.8. The van der Waals surface area contributed by atoms with E-state index in [2.05, 4.69) is 15.5 Å². The highest BCUT2D eigenvalue weighted by molar-refractivity contribution is 5.85. The van der Waals surface area contributed by atoms with Gasteiger partial charge in [-0.25, -0.2) is 0 Å². The summed E-state index contributed by atoms with van der Waals surface area (Å²) in [4.78, 5) is 4.34. The van der Waals surface area contributed by atoms with Gasteiger partial charge in [-0.3, -0.25) is 0 Å². The van der Waals surface area contributed by atoms with Crippen LogP contribution in [0.25, 0.3) is 0 Å². The first-order valence-electron chi connectivity index (χ1n) is 7.52. The number of rotatable bonds is 6. The molecule has 0 saturated carbocycles. The fraction of sp³-hybridized carbons (Fsp3) is 0.500. The van der Waals surface area contributed by atoms with Gasteiger partial charge in [-0.05, 0) is 32.0 Å². The Kier molecular flexibility index (Phi) is 7.23. The van der Waals surface area contributed by atoms with Gasteiger partial charge in [-0.15, -0.1) is 12.4 Å². The van der Waals surface area contributed by atoms with Gasteiger partial charge in [0.05, 0.1) is 11.5 Å². The van der Waals surface area contributed by atoms with Crippen molar-refractivity contribution in [2.24, 2.45) is 0 Å². The van der Waals surface area contributed by atoms with Crippen LogP contribution in [0, 0.1) is 0 Å². The minimum absolute atomic E-state index is 0. The lowest BCUT2D eigenvalue weighted by molar-refractivity contribution is -0.137. The molecule has 0 aliphatic carbocycles. The maximum absolute atomic E-state index is 12.9. The zero-order valence-corrected chi connectivity index (χ0v) is 14.5. The van der Waals surface area contributed by atoms with Gasteiger partial charge in [0.15, 0.2) is 5.82 Å². The summed E-state index contributed by atoms with van der Waals surface area (Å²) in [6, 6.07) is 5.46. The Balaban J connectivity index is 0.00000288. The molecule has 0 aliphatic rings. The van der Waals surface area contributed by atoms with Crippen LogP contribution < -0.4 is 5.32 Å². The number of nitrogens with zero attached hydrogens (tertiary/aromatic N) is 2. The topological polar surface area (TPSA) is 51.0 Å². The van der Waals surface area contributed by atoms with Crippen molar-refractivity contribution in [1.29, 1.82) is 0 Å². The zero-order valence-electron chi connectivity index (χ0n) is 13.7. The summed E-state index contributed by atoms with van der Waals surface area (Å²) in [7, 11) is 1.84. The summed E-state index contributed by atoms with van der Waals surface area (Å²) < 4.78 is 43.9. The smallest absolute Gasteiger partial charge is 0.339 e. The Morgan fingerprint density at radius 1 is 1.29 bits per heavy atom. The molecule has 0 aliphatic heterocycles. The molecule has 0 radical (unpaired) electrons. The van der Waals surface area contributed by atoms with E-state index >= 15 is 0 Å². The average molecular weight is 364 g/mol. The molecule has 0 saturated heterocycles. The Morgan fingerprint density at radius 3 is 2.58 bits per heavy atom. The largest absolute Gasteiger partial charge is 0.416 e. The molecule has 0 fully saturated rings. The quantitative estimate of drug-likeness (QED) is 0.835. The molecule has 0 bridgehead atoms. The maximum Gasteiger partial charge on any atom is 0.416 e. The number of benzene rings is 1. The predicted molar refractivity (Wildman–Crippen MR) is 87.3 cm³/mol. The normalized spacial score (nSPS) is 14.1. The van der Waals surface area contributed by atoms with Crippen molar-refractivity contribution in [1.82, 2.24) is 15.5 Å². The minimum atomic E-state index is -4.36. The Hall–Kier alpha value is -1.60. The molecule has 24 heavy (non-hydrogen) atoms. The van der Waals surface area contributed by atoms with E-state index in [1.165, 1.54) is 6.07 Å². The summed E-state index contributed by atoms with van der Waals surface area (Å²) in [5.41, 5.74) is -0.142. The second kappa shape index (κ2) is 8.48. The minimum Gasteiger partial charge on any atom is -0.339 e. The molecule has 1 N–H and O–H groups in total. The van der Waals surface area contributed by atoms with Crippen molar-refractivity contribution >= 4 is 12.4 Å². The van der Waals surface area contributed by atoms with Crippen LogP contribution in [0.5, 0.6) is 0 Å². The zero-order chi connectivity index (χ0) is 17.0. The number of alkyl halides is 3. The van der Waals surface area contributed by atoms with Crippen molar-refractivity contribution < 1.29 is 17.7 Å². The second-order valence-corrected chi connectivity index (χ2v) is 5.53. The number of hydrogen-bond donors (Lipinski definition) is 1. The van der Waals surface area contributed by atoms with E-state index in [1.54, 1.807) is 6.07 Å². The van der Waals surface area contributed by atoms with Gasteiger partial charge >= 0.3 is 6.18 Å². The molecule has 134 valence electrons. The van der Waals surface area contributed by atoms with Crippen LogP contribution in [0.1, 0.15) is 49.0 Å². The molecule has 2 aromatic rings. The number of nitrogens with one attached hydrogen (secondary N) is 1. The highest BCUT2D eigenvalue weighted by atomic mass is 35.5. The van der Waals surface area contributed by atoms with E-state index in [4.69, 9.17) is 4.52 Å². The van der Waals surface area contributed by atoms with Gasteiger partial charge in [0.25, 0.3) is 0 Å². The van der Waals surface area contributed by atoms with Crippen LogP contribution in [0.15, 0.2) is 28.8 Å². The molecular formula is C16H21ClF3N3O. The molecule has 1 heterocycles. The van der Waals surface area contributed by atoms with Crippen molar-refractivity contribution in [3.63, 3.8) is 0 Å². The summed E-state index contributed by atoms with van der Waals surface area (Å²) >= 11 is 0. The first-order valence-corrected chi connectivity index (χ1v) is 7.52. The number of likely N-dealkylation sites (N-methyl/N-ethyl adjacent to an activating group) is 1. The lowest BCUT2D eigenvalue weighted by Crippen LogP contribution is -2.24. The first kappa shape index (κ1) is 20.4. The molecule has 2 atom stereocenters. The lowest BCUT2D eigenvalue weighted by Gasteiger charge is -2.13. The monoisotopic (exact) mass is 363 g/mol. The Labute approximate surface area is 145 Å². The van der Waals surface area contributed by atoms with E-state index in [0.29, 0.717) is 30.1 Å². The maximum atomic E-state index is 12.9. The second-order valence-electron chi connectivity index (χ2n) is 5.53. The van der Waals surface area contributed by atoms with Crippen molar-refractivity contribution in [2.75, 3.05) is 7.05 Å². The standard InChI is InChI=1S/C16H20F3N3O.ClH/c1-4-13(11-6-5-7-12(9-11)16(17,18)19)15-21-14(22-23-15)8-10(2)20-3;/h5-7,9-10,13,20H,4,8H2,1-3H3;1H. The molecule has 0 amide bonds. The van der Waals surface area contributed by atoms with Crippen molar-refractivity contribution in [2.45, 2.75) is 44.8 Å². The van der Waals surface area contributed by atoms with Gasteiger partial charge < -0.3 is 9.84 Å². The third kappa shape index (κ3) is 4.95. The molecule has 4 nitrogen and oxygen atoms in total. The molecule has 2 rings (SSSR count). The van der Waals surface area contributed by atoms with Gasteiger partial charge in [-0.1, -0.05) is 30.3 Å². The number of aromatic nitrogens is 2. The predicted octanol–water partition coefficient (Wildman–Crippen LogP) is 4.20. The average Bonchev–Trinajstić information content (AvgIpc) is 2.95. The van der Waals surface area contributed by atoms with Gasteiger partial charge in [-0.2, -0.15) is 18.2 Å². The van der Waals surface area contributed by atoms with E-state index < -0.39 is 11.7 Å². The van der Waals surface area contributed by atoms with Crippen LogP contribution >= 0.6 is 12.4 Å². The summed E-state index contributed by atoms with van der Waals surface area (Å²) in [5, 5.41) is 7.00. The summed E-state index contributed by atoms with van der Waals surface area (Å²) in [6.45, 7) is 3.87. The number of hydrogen-bond acceptors (Lipinski definition) is 4. The SMILES string of the molecule is CCC(c1cccc(C(F)(F)F)c1)c1nc(CC(C)NC)no1.Cl. The lowest BCUT2D eigenvalue weighted by atomic mass is 9.94. The highest BCUT2D eigenvalue weighted by Gasteiger charge is 2.31. The van der Waals surface area contributed by atoms with Crippen LogP contribution in [0.3, 0.4) is 0 Å². The third-order valence-corrected chi connectivity index (χ3v) is 3.79. The van der Waals surface area contributed by atoms with E-state index in [1.807, 2.05) is 20.9 Å². The number of halogens is 4. The molecule has 2 unspecified atom stereocenters. The summed E-state index contributed by atoms with van der Waals surface area (Å²) in [6.07, 6.45) is -3.19. The van der Waals surface area contributed by atoms with Crippen LogP contribution in [0.4, 0.5) is 13.2 Å². The van der Waals surface area contributed by atoms with E-state index in [9.17, 15) is 13.2 Å². The summed E-state index contributed by atoms with van der Waals surface area (Å²) in [5.74, 6) is 0.556. The van der Waals surface area contributed by atoms with Crippen LogP contribution in [-0.4, -0.2) is 23.2 Å². The van der Waals surface area contributed by atoms with Gasteiger partial charge in [0, 0.05) is 12.5 Å². The van der Waals surface area contributed by atoms with E-state index in [-0.39, 0.29) is 24.4 Å². The highest BCUT2D eigenvalue weighted by Crippen LogP contribution is 2.33. The molecule has 1 aromatic carbocycles. The Morgan fingerprint density at radius 2 is 2.00 bits per heavy atom. The Bertz CT molecular complexity index is 645. The van der Waals surface area contributed by atoms with Gasteiger partial charge in [0.2, 0.25) is 5.89 Å². The third-order valence-electron chi connectivity index (χ3n) is 3.79. The van der Waals surface area contributed by atoms with Gasteiger partial charge in [0.1, 0.15) is 0 Å². The molecule has 0 spiro atoms. The fourth-order valence-corrected chi connectivity index (χ4v) is 2.35. The molecule has 8 heteroatoms. The fourth-order valence-electron chi connectivity index (χ4n) is 2.35. The van der Waals surface area contributed by atoms with Crippen LogP contribution in [-0.2, 0) is 12.6 Å². The molecular weight excluding hydrogens is 343 g/mol. The van der Waals surface area contributed by atoms with Crippen molar-refractivity contribution in [3.05, 3.63) is 47.1 Å². The van der Waals surface area contributed by atoms with Crippen molar-refractivity contribution in [3.8, 4) is 0 Å². The van der Waals surface area contributed by atoms with E-state index in [0.717, 1.165) is 12.1 Å². The van der Waals surface area contributed by atoms with Crippen LogP contribution in [0.2, 0.25) is 0 Å². The molecule has 1 aromatic heterocycles.